The summed E-state index contributed by atoms with van der Waals surface area (Å²) in [6.07, 6.45) is -6.02. The van der Waals surface area contributed by atoms with Gasteiger partial charge in [0.25, 0.3) is 0 Å². The Hall–Kier alpha value is -2.07. The van der Waals surface area contributed by atoms with Crippen LogP contribution in [0.1, 0.15) is 28.9 Å². The maximum Gasteiger partial charge on any atom is 0.416 e. The van der Waals surface area contributed by atoms with E-state index in [9.17, 15) is 23.1 Å². The smallest absolute Gasteiger partial charge is 0.387 e. The minimum atomic E-state index is -4.57. The fourth-order valence-corrected chi connectivity index (χ4v) is 2.74. The van der Waals surface area contributed by atoms with Crippen molar-refractivity contribution in [1.82, 2.24) is 15.5 Å². The molecule has 2 rings (SSSR count). The summed E-state index contributed by atoms with van der Waals surface area (Å²) in [5.41, 5.74) is -1.19. The van der Waals surface area contributed by atoms with Crippen molar-refractivity contribution in [3.63, 3.8) is 0 Å². The lowest BCUT2D eigenvalue weighted by atomic mass is 10.0. The van der Waals surface area contributed by atoms with Crippen LogP contribution in [0.2, 0.25) is 0 Å². The number of aryl methyl sites for hydroxylation is 1. The van der Waals surface area contributed by atoms with Crippen LogP contribution in [-0.4, -0.2) is 33.5 Å². The van der Waals surface area contributed by atoms with Gasteiger partial charge >= 0.3 is 6.18 Å². The monoisotopic (exact) mass is 375 g/mol. The molecule has 1 amide bonds. The molecule has 0 fully saturated rings. The largest absolute Gasteiger partial charge is 0.416 e. The van der Waals surface area contributed by atoms with Crippen molar-refractivity contribution in [1.29, 1.82) is 0 Å². The molecule has 0 saturated heterocycles. The number of alkyl halides is 3. The molecular weight excluding hydrogens is 359 g/mol. The summed E-state index contributed by atoms with van der Waals surface area (Å²) in [4.78, 5) is 15.7. The van der Waals surface area contributed by atoms with Crippen LogP contribution in [-0.2, 0) is 16.7 Å². The predicted octanol–water partition coefficient (Wildman–Crippen LogP) is 2.48. The Kier molecular flexibility index (Phi) is 6.43. The van der Waals surface area contributed by atoms with E-state index in [4.69, 9.17) is 4.52 Å². The van der Waals surface area contributed by atoms with Gasteiger partial charge in [-0.1, -0.05) is 23.4 Å². The number of nitrogens with zero attached hydrogens (tertiary/aromatic N) is 2. The van der Waals surface area contributed by atoms with Crippen molar-refractivity contribution < 1.29 is 27.6 Å². The van der Waals surface area contributed by atoms with Crippen molar-refractivity contribution in [3.05, 3.63) is 47.1 Å². The molecule has 136 valence electrons. The fraction of sp³-hybridized carbons (Fsp3) is 0.400. The molecule has 6 nitrogen and oxygen atoms in total. The predicted molar refractivity (Wildman–Crippen MR) is 84.6 cm³/mol. The number of rotatable bonds is 7. The van der Waals surface area contributed by atoms with E-state index in [2.05, 4.69) is 15.5 Å². The number of aliphatic hydroxyl groups is 1. The summed E-state index contributed by atoms with van der Waals surface area (Å²) in [5.74, 6) is 0.889. The number of thioether (sulfide) groups is 1. The topological polar surface area (TPSA) is 88.2 Å². The maximum atomic E-state index is 12.9. The summed E-state index contributed by atoms with van der Waals surface area (Å²) < 4.78 is 43.5. The summed E-state index contributed by atoms with van der Waals surface area (Å²) in [6, 6.07) is 4.72. The fourth-order valence-electron chi connectivity index (χ4n) is 2.05. The van der Waals surface area contributed by atoms with E-state index in [1.165, 1.54) is 30.0 Å². The molecule has 1 aromatic carbocycles. The van der Waals surface area contributed by atoms with Crippen LogP contribution in [0.15, 0.2) is 28.8 Å². The lowest BCUT2D eigenvalue weighted by Crippen LogP contribution is -2.30. The van der Waals surface area contributed by atoms with E-state index < -0.39 is 23.8 Å². The van der Waals surface area contributed by atoms with Gasteiger partial charge in [0.1, 0.15) is 0 Å². The summed E-state index contributed by atoms with van der Waals surface area (Å²) in [5, 5.41) is 16.0. The first-order valence-electron chi connectivity index (χ1n) is 7.25. The zero-order chi connectivity index (χ0) is 18.4. The molecule has 0 spiro atoms. The normalized spacial score (nSPS) is 12.8. The first-order chi connectivity index (χ1) is 11.8. The number of aliphatic hydroxyl groups excluding tert-OH is 1. The lowest BCUT2D eigenvalue weighted by Gasteiger charge is -2.17. The van der Waals surface area contributed by atoms with Crippen LogP contribution < -0.4 is 5.32 Å². The quantitative estimate of drug-likeness (QED) is 0.773. The number of aromatic nitrogens is 2. The molecule has 1 heterocycles. The van der Waals surface area contributed by atoms with E-state index in [-0.39, 0.29) is 17.9 Å². The zero-order valence-corrected chi connectivity index (χ0v) is 14.0. The molecule has 0 aliphatic heterocycles. The third kappa shape index (κ3) is 5.75. The Morgan fingerprint density at radius 3 is 2.76 bits per heavy atom. The van der Waals surface area contributed by atoms with E-state index in [0.29, 0.717) is 17.5 Å². The van der Waals surface area contributed by atoms with E-state index in [1.807, 2.05) is 0 Å². The van der Waals surface area contributed by atoms with Gasteiger partial charge in [0.05, 0.1) is 23.2 Å². The van der Waals surface area contributed by atoms with Crippen LogP contribution in [0.4, 0.5) is 13.2 Å². The van der Waals surface area contributed by atoms with Crippen molar-refractivity contribution in [2.45, 2.75) is 25.0 Å². The number of benzene rings is 1. The molecule has 2 aromatic rings. The van der Waals surface area contributed by atoms with Crippen LogP contribution in [0, 0.1) is 6.92 Å². The number of nitrogens with one attached hydrogen (secondary N) is 1. The first-order valence-corrected chi connectivity index (χ1v) is 8.40. The Morgan fingerprint density at radius 2 is 2.12 bits per heavy atom. The molecule has 1 aromatic heterocycles. The molecular formula is C15H16F3N3O3S. The number of hydrogen-bond donors (Lipinski definition) is 2. The second-order valence-electron chi connectivity index (χ2n) is 5.13. The molecule has 0 aliphatic carbocycles. The van der Waals surface area contributed by atoms with Gasteiger partial charge in [0.2, 0.25) is 11.8 Å². The highest BCUT2D eigenvalue weighted by molar-refractivity contribution is 7.99. The van der Waals surface area contributed by atoms with Gasteiger partial charge in [-0.2, -0.15) is 18.2 Å². The van der Waals surface area contributed by atoms with Crippen LogP contribution in [0.3, 0.4) is 0 Å². The summed E-state index contributed by atoms with van der Waals surface area (Å²) >= 11 is 1.22. The molecule has 0 radical (unpaired) electrons. The van der Waals surface area contributed by atoms with Crippen molar-refractivity contribution in [3.8, 4) is 0 Å². The highest BCUT2D eigenvalue weighted by atomic mass is 32.2. The van der Waals surface area contributed by atoms with Crippen LogP contribution >= 0.6 is 11.8 Å². The van der Waals surface area contributed by atoms with E-state index >= 15 is 0 Å². The molecule has 0 aliphatic rings. The number of hydrogen-bond acceptors (Lipinski definition) is 6. The van der Waals surface area contributed by atoms with Crippen molar-refractivity contribution in [2.75, 3.05) is 12.3 Å². The molecule has 2 N–H and O–H groups in total. The van der Waals surface area contributed by atoms with Crippen molar-refractivity contribution >= 4 is 17.7 Å². The highest BCUT2D eigenvalue weighted by Crippen LogP contribution is 2.34. The average Bonchev–Trinajstić information content (AvgIpc) is 2.97. The summed E-state index contributed by atoms with van der Waals surface area (Å²) in [7, 11) is 0. The maximum absolute atomic E-state index is 12.9. The summed E-state index contributed by atoms with van der Waals surface area (Å²) in [6.45, 7) is 1.34. The second kappa shape index (κ2) is 8.34. The van der Waals surface area contributed by atoms with Gasteiger partial charge in [0, 0.05) is 13.5 Å². The van der Waals surface area contributed by atoms with Gasteiger partial charge in [-0.15, -0.1) is 11.8 Å². The second-order valence-corrected chi connectivity index (χ2v) is 6.11. The Balaban J connectivity index is 1.81. The molecule has 0 bridgehead atoms. The molecule has 10 heteroatoms. The van der Waals surface area contributed by atoms with E-state index in [1.54, 1.807) is 6.92 Å². The minimum Gasteiger partial charge on any atom is -0.387 e. The minimum absolute atomic E-state index is 0.0568. The third-order valence-corrected chi connectivity index (χ3v) is 4.08. The lowest BCUT2D eigenvalue weighted by molar-refractivity contribution is -0.139. The zero-order valence-electron chi connectivity index (χ0n) is 13.2. The van der Waals surface area contributed by atoms with Gasteiger partial charge in [0.15, 0.2) is 5.82 Å². The van der Waals surface area contributed by atoms with E-state index in [0.717, 1.165) is 6.07 Å². The van der Waals surface area contributed by atoms with Crippen LogP contribution in [0.25, 0.3) is 0 Å². The molecule has 1 atom stereocenters. The average molecular weight is 375 g/mol. The molecule has 1 unspecified atom stereocenters. The van der Waals surface area contributed by atoms with Gasteiger partial charge in [-0.3, -0.25) is 4.79 Å². The first kappa shape index (κ1) is 19.3. The van der Waals surface area contributed by atoms with Gasteiger partial charge in [-0.05, 0) is 11.6 Å². The van der Waals surface area contributed by atoms with Crippen LogP contribution in [0.5, 0.6) is 0 Å². The molecule has 0 saturated carbocycles. The van der Waals surface area contributed by atoms with Gasteiger partial charge in [-0.25, -0.2) is 0 Å². The Morgan fingerprint density at radius 1 is 1.40 bits per heavy atom. The van der Waals surface area contributed by atoms with Gasteiger partial charge < -0.3 is 14.9 Å². The number of carbonyl (C=O) groups is 1. The number of halogens is 3. The standard InChI is InChI=1S/C15H16F3N3O3S/c1-9-20-13(21-24-9)7-25-8-14(23)19-6-12(22)10-4-2-3-5-11(10)15(16,17)18/h2-5,12,22H,6-8H2,1H3,(H,19,23). The highest BCUT2D eigenvalue weighted by Gasteiger charge is 2.34. The van der Waals surface area contributed by atoms with Crippen molar-refractivity contribution in [2.24, 2.45) is 0 Å². The molecule has 25 heavy (non-hydrogen) atoms. The Labute approximate surface area is 145 Å². The third-order valence-electron chi connectivity index (χ3n) is 3.15. The number of carbonyl (C=O) groups excluding carboxylic acids is 1. The Bertz CT molecular complexity index is 721. The number of amides is 1. The SMILES string of the molecule is Cc1nc(CSCC(=O)NCC(O)c2ccccc2C(F)(F)F)no1.